The van der Waals surface area contributed by atoms with E-state index in [1.54, 1.807) is 47.4 Å². The van der Waals surface area contributed by atoms with Gasteiger partial charge in [0.25, 0.3) is 0 Å². The Morgan fingerprint density at radius 3 is 2.35 bits per heavy atom. The van der Waals surface area contributed by atoms with E-state index in [2.05, 4.69) is 15.3 Å². The van der Waals surface area contributed by atoms with Crippen molar-refractivity contribution in [1.82, 2.24) is 14.3 Å². The predicted octanol–water partition coefficient (Wildman–Crippen LogP) is 4.68. The number of carbonyl (C=O) groups excluding carboxylic acids is 1. The molecule has 0 aliphatic carbocycles. The van der Waals surface area contributed by atoms with E-state index in [9.17, 15) is 13.2 Å². The van der Waals surface area contributed by atoms with Gasteiger partial charge in [-0.15, -0.1) is 11.3 Å². The maximum Gasteiger partial charge on any atom is 0.243 e. The standard InChI is InChI=1S/C22H22N4O4S4/c1-30-14-3-5-15(6-4-14)34(28,29)26-11-9-13(10-12-26)20(27)25-21-23-16-7-8-17-19(18(16)32-21)33-22(24-17)31-2/h3-8,13H,9-12H2,1-2H3,(H,23,25,27). The van der Waals surface area contributed by atoms with Crippen molar-refractivity contribution in [3.05, 3.63) is 36.4 Å². The fourth-order valence-electron chi connectivity index (χ4n) is 3.96. The summed E-state index contributed by atoms with van der Waals surface area (Å²) in [6, 6.07) is 10.2. The van der Waals surface area contributed by atoms with Gasteiger partial charge in [-0.2, -0.15) is 4.31 Å². The topological polar surface area (TPSA) is 101 Å². The van der Waals surface area contributed by atoms with Gasteiger partial charge in [0.2, 0.25) is 15.9 Å². The van der Waals surface area contributed by atoms with E-state index in [1.165, 1.54) is 22.8 Å². The number of carbonyl (C=O) groups is 1. The van der Waals surface area contributed by atoms with Crippen LogP contribution in [0, 0.1) is 5.92 Å². The monoisotopic (exact) mass is 534 g/mol. The average molecular weight is 535 g/mol. The third-order valence-corrected chi connectivity index (χ3v) is 10.9. The number of nitrogens with zero attached hydrogens (tertiary/aromatic N) is 3. The van der Waals surface area contributed by atoms with Crippen LogP contribution in [0.1, 0.15) is 12.8 Å². The van der Waals surface area contributed by atoms with Crippen LogP contribution in [0.2, 0.25) is 0 Å². The molecular formula is C22H22N4O4S4. The zero-order valence-electron chi connectivity index (χ0n) is 18.5. The Bertz CT molecular complexity index is 1460. The zero-order chi connectivity index (χ0) is 23.9. The molecule has 1 N–H and O–H groups in total. The highest BCUT2D eigenvalue weighted by molar-refractivity contribution is 8.00. The summed E-state index contributed by atoms with van der Waals surface area (Å²) in [6.07, 6.45) is 2.92. The summed E-state index contributed by atoms with van der Waals surface area (Å²) in [7, 11) is -2.07. The number of piperidine rings is 1. The van der Waals surface area contributed by atoms with Gasteiger partial charge in [-0.1, -0.05) is 23.1 Å². The first-order valence-corrected chi connectivity index (χ1v) is 14.9. The number of anilines is 1. The molecule has 34 heavy (non-hydrogen) atoms. The van der Waals surface area contributed by atoms with Gasteiger partial charge < -0.3 is 10.1 Å². The van der Waals surface area contributed by atoms with Crippen LogP contribution in [-0.4, -0.2) is 55.1 Å². The van der Waals surface area contributed by atoms with E-state index in [-0.39, 0.29) is 16.7 Å². The minimum atomic E-state index is -3.60. The second-order valence-electron chi connectivity index (χ2n) is 7.81. The minimum Gasteiger partial charge on any atom is -0.497 e. The largest absolute Gasteiger partial charge is 0.497 e. The lowest BCUT2D eigenvalue weighted by Crippen LogP contribution is -2.41. The number of methoxy groups -OCH3 is 1. The number of hydrogen-bond acceptors (Lipinski definition) is 9. The third kappa shape index (κ3) is 4.40. The van der Waals surface area contributed by atoms with Gasteiger partial charge in [0.05, 0.1) is 32.4 Å². The number of hydrogen-bond donors (Lipinski definition) is 1. The van der Waals surface area contributed by atoms with Gasteiger partial charge in [-0.05, 0) is 55.5 Å². The molecule has 3 heterocycles. The maximum absolute atomic E-state index is 13.0. The zero-order valence-corrected chi connectivity index (χ0v) is 21.7. The van der Waals surface area contributed by atoms with Crippen LogP contribution in [0.3, 0.4) is 0 Å². The second kappa shape index (κ2) is 9.42. The Balaban J connectivity index is 1.25. The Kier molecular flexibility index (Phi) is 6.51. The van der Waals surface area contributed by atoms with Crippen LogP contribution in [0.15, 0.2) is 45.6 Å². The van der Waals surface area contributed by atoms with Gasteiger partial charge in [-0.3, -0.25) is 4.79 Å². The molecule has 0 radical (unpaired) electrons. The van der Waals surface area contributed by atoms with E-state index in [0.717, 1.165) is 24.8 Å². The molecule has 0 saturated carbocycles. The number of thioether (sulfide) groups is 1. The lowest BCUT2D eigenvalue weighted by Gasteiger charge is -2.30. The number of aromatic nitrogens is 2. The van der Waals surface area contributed by atoms with E-state index in [4.69, 9.17) is 4.74 Å². The molecule has 0 spiro atoms. The van der Waals surface area contributed by atoms with Crippen molar-refractivity contribution in [3.63, 3.8) is 0 Å². The number of benzene rings is 2. The van der Waals surface area contributed by atoms with E-state index >= 15 is 0 Å². The van der Waals surface area contributed by atoms with Crippen LogP contribution < -0.4 is 10.1 Å². The number of rotatable bonds is 6. The molecule has 12 heteroatoms. The lowest BCUT2D eigenvalue weighted by atomic mass is 9.97. The second-order valence-corrected chi connectivity index (χ2v) is 12.8. The molecule has 0 atom stereocenters. The van der Waals surface area contributed by atoms with Gasteiger partial charge in [0.15, 0.2) is 9.47 Å². The number of ether oxygens (including phenoxy) is 1. The summed E-state index contributed by atoms with van der Waals surface area (Å²) in [5.74, 6) is 0.219. The van der Waals surface area contributed by atoms with Crippen LogP contribution in [0.5, 0.6) is 5.75 Å². The number of fused-ring (bicyclic) bond motifs is 3. The molecule has 2 aromatic heterocycles. The molecule has 1 saturated heterocycles. The summed E-state index contributed by atoms with van der Waals surface area (Å²) >= 11 is 4.69. The van der Waals surface area contributed by atoms with Crippen molar-refractivity contribution in [1.29, 1.82) is 0 Å². The van der Waals surface area contributed by atoms with Gasteiger partial charge in [0, 0.05) is 19.0 Å². The fraction of sp³-hybridized carbons (Fsp3) is 0.318. The summed E-state index contributed by atoms with van der Waals surface area (Å²) in [5, 5.41) is 3.51. The average Bonchev–Trinajstić information content (AvgIpc) is 3.47. The molecular weight excluding hydrogens is 513 g/mol. The molecule has 1 fully saturated rings. The predicted molar refractivity (Wildman–Crippen MR) is 138 cm³/mol. The highest BCUT2D eigenvalue weighted by Gasteiger charge is 2.32. The number of nitrogens with one attached hydrogen (secondary N) is 1. The van der Waals surface area contributed by atoms with Gasteiger partial charge in [0.1, 0.15) is 5.75 Å². The summed E-state index contributed by atoms with van der Waals surface area (Å²) < 4.78 is 35.6. The highest BCUT2D eigenvalue weighted by atomic mass is 32.2. The lowest BCUT2D eigenvalue weighted by molar-refractivity contribution is -0.120. The highest BCUT2D eigenvalue weighted by Crippen LogP contribution is 2.38. The molecule has 1 aliphatic rings. The molecule has 8 nitrogen and oxygen atoms in total. The van der Waals surface area contributed by atoms with Crippen LogP contribution in [0.4, 0.5) is 5.13 Å². The van der Waals surface area contributed by atoms with Crippen LogP contribution >= 0.6 is 34.4 Å². The van der Waals surface area contributed by atoms with E-state index in [1.807, 2.05) is 18.4 Å². The molecule has 0 unspecified atom stereocenters. The molecule has 178 valence electrons. The summed E-state index contributed by atoms with van der Waals surface area (Å²) in [4.78, 5) is 22.3. The van der Waals surface area contributed by atoms with Crippen molar-refractivity contribution >= 4 is 75.9 Å². The third-order valence-electron chi connectivity index (χ3n) is 5.82. The maximum atomic E-state index is 13.0. The van der Waals surface area contributed by atoms with Crippen molar-refractivity contribution in [2.75, 3.05) is 31.8 Å². The summed E-state index contributed by atoms with van der Waals surface area (Å²) in [6.45, 7) is 0.594. The van der Waals surface area contributed by atoms with Crippen LogP contribution in [-0.2, 0) is 14.8 Å². The van der Waals surface area contributed by atoms with E-state index < -0.39 is 10.0 Å². The first-order chi connectivity index (χ1) is 16.4. The van der Waals surface area contributed by atoms with Crippen molar-refractivity contribution in [2.24, 2.45) is 5.92 Å². The normalized spacial score (nSPS) is 15.7. The molecule has 0 bridgehead atoms. The molecule has 4 aromatic rings. The Morgan fingerprint density at radius 1 is 1.06 bits per heavy atom. The SMILES string of the molecule is COc1ccc(S(=O)(=O)N2CCC(C(=O)Nc3nc4ccc5nc(SC)sc5c4s3)CC2)cc1. The smallest absolute Gasteiger partial charge is 0.243 e. The molecule has 1 aliphatic heterocycles. The first-order valence-electron chi connectivity index (χ1n) is 10.6. The minimum absolute atomic E-state index is 0.120. The quantitative estimate of drug-likeness (QED) is 0.359. The molecule has 5 rings (SSSR count). The fourth-order valence-corrected chi connectivity index (χ4v) is 8.09. The first kappa shape index (κ1) is 23.5. The molecule has 2 aromatic carbocycles. The Morgan fingerprint density at radius 2 is 1.71 bits per heavy atom. The van der Waals surface area contributed by atoms with Crippen molar-refractivity contribution in [3.8, 4) is 5.75 Å². The van der Waals surface area contributed by atoms with Gasteiger partial charge >= 0.3 is 0 Å². The number of amides is 1. The van der Waals surface area contributed by atoms with Crippen molar-refractivity contribution in [2.45, 2.75) is 22.1 Å². The Labute approximate surface area is 209 Å². The van der Waals surface area contributed by atoms with Gasteiger partial charge in [-0.25, -0.2) is 18.4 Å². The van der Waals surface area contributed by atoms with E-state index in [0.29, 0.717) is 36.8 Å². The molecule has 1 amide bonds. The van der Waals surface area contributed by atoms with Crippen LogP contribution in [0.25, 0.3) is 20.4 Å². The summed E-state index contributed by atoms with van der Waals surface area (Å²) in [5.41, 5.74) is 1.78. The number of thiazole rings is 2. The van der Waals surface area contributed by atoms with Crippen molar-refractivity contribution < 1.29 is 17.9 Å². The Hall–Kier alpha value is -2.25. The number of sulfonamides is 1.